The van der Waals surface area contributed by atoms with Crippen LogP contribution in [0.15, 0.2) is 0 Å². The molecule has 2 aliphatic rings. The first-order chi connectivity index (χ1) is 17.6. The summed E-state index contributed by atoms with van der Waals surface area (Å²) in [5.74, 6) is 1.43. The molecule has 228 valence electrons. The lowest BCUT2D eigenvalue weighted by Gasteiger charge is -2.27. The van der Waals surface area contributed by atoms with E-state index in [0.717, 1.165) is 52.0 Å². The standard InChI is InChI=1S/C17H31NO2.C16H31NO2/c1-16(2,3)11-14(19)7-8-15(20)18-10-9-13(12-18)17(4,5)6;1-15(2,3)8-11-19-12-10-17-9-7-13(14(17)18)16(4,5)6/h13H,7-12H2,1-6H3;13H,7-12H2,1-6H3. The molecular formula is C33H62N2O4. The highest BCUT2D eigenvalue weighted by atomic mass is 16.5. The van der Waals surface area contributed by atoms with Crippen LogP contribution in [-0.4, -0.2) is 66.8 Å². The molecule has 0 spiro atoms. The number of carbonyl (C=O) groups excluding carboxylic acids is 3. The van der Waals surface area contributed by atoms with Gasteiger partial charge >= 0.3 is 0 Å². The molecule has 0 radical (unpaired) electrons. The quantitative estimate of drug-likeness (QED) is 0.290. The zero-order valence-corrected chi connectivity index (χ0v) is 27.7. The fraction of sp³-hybridized carbons (Fsp3) is 0.909. The van der Waals surface area contributed by atoms with E-state index in [2.05, 4.69) is 83.1 Å². The number of ketones is 1. The zero-order chi connectivity index (χ0) is 30.2. The summed E-state index contributed by atoms with van der Waals surface area (Å²) in [6.45, 7) is 30.8. The maximum Gasteiger partial charge on any atom is 0.226 e. The SMILES string of the molecule is CC(C)(C)CC(=O)CCC(=O)N1CCC(C(C)(C)C)C1.CC(C)(C)CCOCCN1CCC(C(C)(C)C)C1=O. The van der Waals surface area contributed by atoms with Crippen molar-refractivity contribution in [3.63, 3.8) is 0 Å². The number of carbonyl (C=O) groups is 3. The van der Waals surface area contributed by atoms with Crippen molar-refractivity contribution in [1.29, 1.82) is 0 Å². The Morgan fingerprint density at radius 1 is 0.795 bits per heavy atom. The first kappa shape index (κ1) is 35.6. The third kappa shape index (κ3) is 14.2. The predicted octanol–water partition coefficient (Wildman–Crippen LogP) is 7.00. The molecule has 0 bridgehead atoms. The van der Waals surface area contributed by atoms with Gasteiger partial charge in [-0.05, 0) is 46.8 Å². The Morgan fingerprint density at radius 2 is 1.41 bits per heavy atom. The molecule has 0 N–H and O–H groups in total. The van der Waals surface area contributed by atoms with Crippen molar-refractivity contribution < 1.29 is 19.1 Å². The average Bonchev–Trinajstić information content (AvgIpc) is 3.37. The van der Waals surface area contributed by atoms with Crippen molar-refractivity contribution >= 4 is 17.6 Å². The van der Waals surface area contributed by atoms with Crippen LogP contribution in [0.3, 0.4) is 0 Å². The molecular weight excluding hydrogens is 488 g/mol. The van der Waals surface area contributed by atoms with E-state index < -0.39 is 0 Å². The van der Waals surface area contributed by atoms with Gasteiger partial charge in [0.05, 0.1) is 6.61 Å². The number of rotatable bonds is 9. The lowest BCUT2D eigenvalue weighted by Crippen LogP contribution is -2.34. The molecule has 0 saturated carbocycles. The summed E-state index contributed by atoms with van der Waals surface area (Å²) in [5, 5.41) is 0. The number of hydrogen-bond donors (Lipinski definition) is 0. The lowest BCUT2D eigenvalue weighted by molar-refractivity contribution is -0.134. The van der Waals surface area contributed by atoms with Crippen molar-refractivity contribution in [2.24, 2.45) is 33.5 Å². The van der Waals surface area contributed by atoms with Crippen LogP contribution in [0.5, 0.6) is 0 Å². The summed E-state index contributed by atoms with van der Waals surface area (Å²) in [7, 11) is 0. The van der Waals surface area contributed by atoms with Gasteiger partial charge in [-0.1, -0.05) is 83.1 Å². The number of Topliss-reactive ketones (excluding diaryl/α,β-unsaturated/α-hetero) is 1. The molecule has 2 amide bonds. The third-order valence-corrected chi connectivity index (χ3v) is 7.96. The van der Waals surface area contributed by atoms with Crippen LogP contribution < -0.4 is 0 Å². The molecule has 6 nitrogen and oxygen atoms in total. The van der Waals surface area contributed by atoms with Crippen LogP contribution >= 0.6 is 0 Å². The van der Waals surface area contributed by atoms with Crippen molar-refractivity contribution in [3.05, 3.63) is 0 Å². The van der Waals surface area contributed by atoms with Gasteiger partial charge in [-0.2, -0.15) is 0 Å². The molecule has 0 aromatic heterocycles. The van der Waals surface area contributed by atoms with Crippen molar-refractivity contribution in [3.8, 4) is 0 Å². The maximum atomic E-state index is 12.2. The zero-order valence-electron chi connectivity index (χ0n) is 27.7. The number of nitrogens with zero attached hydrogens (tertiary/aromatic N) is 2. The largest absolute Gasteiger partial charge is 0.380 e. The average molecular weight is 551 g/mol. The van der Waals surface area contributed by atoms with Crippen LogP contribution in [0.1, 0.15) is 122 Å². The first-order valence-electron chi connectivity index (χ1n) is 15.3. The highest BCUT2D eigenvalue weighted by Crippen LogP contribution is 2.35. The predicted molar refractivity (Wildman–Crippen MR) is 161 cm³/mol. The molecule has 2 rings (SSSR count). The van der Waals surface area contributed by atoms with Gasteiger partial charge < -0.3 is 14.5 Å². The Kier molecular flexibility index (Phi) is 13.2. The first-order valence-corrected chi connectivity index (χ1v) is 15.3. The van der Waals surface area contributed by atoms with Crippen LogP contribution in [0, 0.1) is 33.5 Å². The van der Waals surface area contributed by atoms with Crippen molar-refractivity contribution in [2.45, 2.75) is 122 Å². The van der Waals surface area contributed by atoms with E-state index in [1.54, 1.807) is 0 Å². The van der Waals surface area contributed by atoms with Gasteiger partial charge in [-0.15, -0.1) is 0 Å². The molecule has 2 aliphatic heterocycles. The highest BCUT2D eigenvalue weighted by Gasteiger charge is 2.39. The minimum absolute atomic E-state index is 0.0190. The summed E-state index contributed by atoms with van der Waals surface area (Å²) in [4.78, 5) is 40.1. The maximum absolute atomic E-state index is 12.2. The Morgan fingerprint density at radius 3 is 1.87 bits per heavy atom. The number of ether oxygens (including phenoxy) is 1. The van der Waals surface area contributed by atoms with Crippen molar-refractivity contribution in [1.82, 2.24) is 9.80 Å². The van der Waals surface area contributed by atoms with Gasteiger partial charge in [0.2, 0.25) is 11.8 Å². The Hall–Kier alpha value is -1.43. The second kappa shape index (κ2) is 14.5. The minimum atomic E-state index is 0.0190. The van der Waals surface area contributed by atoms with E-state index in [0.29, 0.717) is 43.1 Å². The van der Waals surface area contributed by atoms with Gasteiger partial charge in [0.1, 0.15) is 5.78 Å². The third-order valence-electron chi connectivity index (χ3n) is 7.96. The Balaban J connectivity index is 0.000000391. The highest BCUT2D eigenvalue weighted by molar-refractivity contribution is 5.85. The van der Waals surface area contributed by atoms with E-state index in [1.165, 1.54) is 0 Å². The lowest BCUT2D eigenvalue weighted by atomic mass is 9.80. The van der Waals surface area contributed by atoms with Crippen LogP contribution in [-0.2, 0) is 19.1 Å². The molecule has 6 heteroatoms. The fourth-order valence-electron chi connectivity index (χ4n) is 5.20. The van der Waals surface area contributed by atoms with Crippen LogP contribution in [0.25, 0.3) is 0 Å². The van der Waals surface area contributed by atoms with Gasteiger partial charge in [0, 0.05) is 58.0 Å². The number of amides is 2. The molecule has 2 heterocycles. The molecule has 0 aromatic rings. The van der Waals surface area contributed by atoms with Gasteiger partial charge in [-0.25, -0.2) is 0 Å². The van der Waals surface area contributed by atoms with Gasteiger partial charge in [0.25, 0.3) is 0 Å². The monoisotopic (exact) mass is 550 g/mol. The molecule has 2 unspecified atom stereocenters. The number of hydrogen-bond acceptors (Lipinski definition) is 4. The Bertz CT molecular complexity index is 792. The second-order valence-corrected chi connectivity index (χ2v) is 16.4. The molecule has 0 aromatic carbocycles. The van der Waals surface area contributed by atoms with E-state index in [9.17, 15) is 14.4 Å². The topological polar surface area (TPSA) is 66.9 Å². The van der Waals surface area contributed by atoms with Crippen molar-refractivity contribution in [2.75, 3.05) is 39.4 Å². The van der Waals surface area contributed by atoms with E-state index >= 15 is 0 Å². The molecule has 2 saturated heterocycles. The number of likely N-dealkylation sites (tertiary alicyclic amines) is 2. The molecule has 0 aliphatic carbocycles. The summed E-state index contributed by atoms with van der Waals surface area (Å²) in [5.41, 5.74) is 0.682. The molecule has 2 fully saturated rings. The smallest absolute Gasteiger partial charge is 0.226 e. The van der Waals surface area contributed by atoms with E-state index in [-0.39, 0.29) is 33.9 Å². The normalized spacial score (nSPS) is 20.8. The van der Waals surface area contributed by atoms with E-state index in [4.69, 9.17) is 4.74 Å². The van der Waals surface area contributed by atoms with Gasteiger partial charge in [-0.3, -0.25) is 14.4 Å². The Labute approximate surface area is 241 Å². The fourth-order valence-corrected chi connectivity index (χ4v) is 5.20. The summed E-state index contributed by atoms with van der Waals surface area (Å²) < 4.78 is 5.65. The second-order valence-electron chi connectivity index (χ2n) is 16.4. The summed E-state index contributed by atoms with van der Waals surface area (Å²) in [6.07, 6.45) is 4.48. The van der Waals surface area contributed by atoms with Gasteiger partial charge in [0.15, 0.2) is 0 Å². The van der Waals surface area contributed by atoms with E-state index in [1.807, 2.05) is 9.80 Å². The van der Waals surface area contributed by atoms with Crippen LogP contribution in [0.4, 0.5) is 0 Å². The summed E-state index contributed by atoms with van der Waals surface area (Å²) in [6, 6.07) is 0. The molecule has 2 atom stereocenters. The van der Waals surface area contributed by atoms with Crippen LogP contribution in [0.2, 0.25) is 0 Å². The summed E-state index contributed by atoms with van der Waals surface area (Å²) >= 11 is 0. The minimum Gasteiger partial charge on any atom is -0.380 e. The molecule has 39 heavy (non-hydrogen) atoms.